The van der Waals surface area contributed by atoms with Crippen molar-refractivity contribution in [3.63, 3.8) is 0 Å². The number of halogens is 2. The largest absolute Gasteiger partial charge is 0.508 e. The number of hydrogen-bond donors (Lipinski definition) is 2. The second-order valence-electron chi connectivity index (χ2n) is 5.48. The van der Waals surface area contributed by atoms with E-state index in [2.05, 4.69) is 10.3 Å². The molecule has 0 amide bonds. The zero-order valence-corrected chi connectivity index (χ0v) is 14.4. The minimum absolute atomic E-state index is 0.00229. The van der Waals surface area contributed by atoms with E-state index in [4.69, 9.17) is 27.6 Å². The number of rotatable bonds is 2. The molecule has 9 heteroatoms. The molecule has 26 heavy (non-hydrogen) atoms. The van der Waals surface area contributed by atoms with Crippen LogP contribution < -0.4 is 5.63 Å². The van der Waals surface area contributed by atoms with E-state index >= 15 is 0 Å². The third kappa shape index (κ3) is 2.77. The van der Waals surface area contributed by atoms with Crippen LogP contribution in [0.5, 0.6) is 11.5 Å². The van der Waals surface area contributed by atoms with Crippen LogP contribution in [0, 0.1) is 0 Å². The molecule has 0 saturated carbocycles. The first-order valence-electron chi connectivity index (χ1n) is 7.30. The molecule has 0 spiro atoms. The Morgan fingerprint density at radius 1 is 1.04 bits per heavy atom. The van der Waals surface area contributed by atoms with Crippen molar-refractivity contribution >= 4 is 34.2 Å². The Labute approximate surface area is 155 Å². The highest BCUT2D eigenvalue weighted by atomic mass is 35.5. The van der Waals surface area contributed by atoms with Crippen LogP contribution >= 0.6 is 23.2 Å². The molecule has 0 aliphatic rings. The second kappa shape index (κ2) is 6.05. The van der Waals surface area contributed by atoms with Crippen LogP contribution in [0.2, 0.25) is 10.0 Å². The van der Waals surface area contributed by atoms with Crippen LogP contribution in [-0.4, -0.2) is 25.2 Å². The van der Waals surface area contributed by atoms with Crippen LogP contribution in [0.25, 0.3) is 27.9 Å². The lowest BCUT2D eigenvalue weighted by atomic mass is 10.1. The van der Waals surface area contributed by atoms with Crippen LogP contribution in [0.4, 0.5) is 0 Å². The van der Waals surface area contributed by atoms with Crippen molar-refractivity contribution in [2.75, 3.05) is 0 Å². The van der Waals surface area contributed by atoms with Crippen molar-refractivity contribution < 1.29 is 14.6 Å². The average molecular weight is 390 g/mol. The van der Waals surface area contributed by atoms with Gasteiger partial charge in [0.05, 0.1) is 16.2 Å². The normalized spacial score (nSPS) is 11.2. The van der Waals surface area contributed by atoms with Crippen LogP contribution in [0.15, 0.2) is 51.8 Å². The number of benzene rings is 2. The Kier molecular flexibility index (Phi) is 3.82. The van der Waals surface area contributed by atoms with Crippen LogP contribution in [-0.2, 0) is 0 Å². The molecule has 130 valence electrons. The summed E-state index contributed by atoms with van der Waals surface area (Å²) in [7, 11) is 0. The van der Waals surface area contributed by atoms with Gasteiger partial charge in [-0.05, 0) is 30.3 Å². The number of aromatic hydroxyl groups is 2. The zero-order chi connectivity index (χ0) is 18.4. The maximum absolute atomic E-state index is 12.2. The standard InChI is InChI=1S/C17H9Cl2N3O4/c18-11-3-9(4-12(19)16(11)24)13-7-22(21-20-13)14-5-8-1-2-10(23)6-15(8)26-17(14)25/h1-7,23-24H. The van der Waals surface area contributed by atoms with E-state index in [-0.39, 0.29) is 32.8 Å². The molecule has 2 N–H and O–H groups in total. The van der Waals surface area contributed by atoms with Gasteiger partial charge in [0.1, 0.15) is 17.0 Å². The first-order valence-corrected chi connectivity index (χ1v) is 8.06. The van der Waals surface area contributed by atoms with Gasteiger partial charge in [0.15, 0.2) is 11.4 Å². The van der Waals surface area contributed by atoms with Gasteiger partial charge < -0.3 is 14.6 Å². The summed E-state index contributed by atoms with van der Waals surface area (Å²) in [6.45, 7) is 0. The predicted octanol–water partition coefficient (Wildman–Crippen LogP) is 3.76. The lowest BCUT2D eigenvalue weighted by Crippen LogP contribution is -2.10. The maximum Gasteiger partial charge on any atom is 0.362 e. The number of hydrogen-bond acceptors (Lipinski definition) is 6. The van der Waals surface area contributed by atoms with E-state index < -0.39 is 5.63 Å². The summed E-state index contributed by atoms with van der Waals surface area (Å²) in [5.74, 6) is -0.222. The number of nitrogens with zero attached hydrogens (tertiary/aromatic N) is 3. The van der Waals surface area contributed by atoms with E-state index in [1.54, 1.807) is 12.1 Å². The van der Waals surface area contributed by atoms with Gasteiger partial charge in [-0.3, -0.25) is 0 Å². The summed E-state index contributed by atoms with van der Waals surface area (Å²) in [4.78, 5) is 12.2. The SMILES string of the molecule is O=c1oc2cc(O)ccc2cc1-n1cc(-c2cc(Cl)c(O)c(Cl)c2)nn1. The molecule has 0 bridgehead atoms. The van der Waals surface area contributed by atoms with E-state index in [1.807, 2.05) is 0 Å². The lowest BCUT2D eigenvalue weighted by molar-refractivity contribution is 0.472. The monoisotopic (exact) mass is 389 g/mol. The molecule has 0 saturated heterocycles. The van der Waals surface area contributed by atoms with Crippen LogP contribution in [0.1, 0.15) is 0 Å². The molecule has 7 nitrogen and oxygen atoms in total. The molecule has 2 heterocycles. The number of phenolic OH excluding ortho intramolecular Hbond substituents is 2. The minimum atomic E-state index is -0.638. The molecule has 4 aromatic rings. The van der Waals surface area contributed by atoms with Gasteiger partial charge >= 0.3 is 5.63 Å². The fourth-order valence-electron chi connectivity index (χ4n) is 2.48. The van der Waals surface area contributed by atoms with Gasteiger partial charge in [-0.25, -0.2) is 9.48 Å². The molecule has 0 fully saturated rings. The number of aromatic nitrogens is 3. The van der Waals surface area contributed by atoms with Crippen molar-refractivity contribution in [2.24, 2.45) is 0 Å². The Bertz CT molecular complexity index is 1190. The molecule has 2 aromatic carbocycles. The fraction of sp³-hybridized carbons (Fsp3) is 0. The van der Waals surface area contributed by atoms with Gasteiger partial charge in [-0.1, -0.05) is 28.4 Å². The quantitative estimate of drug-likeness (QED) is 0.506. The van der Waals surface area contributed by atoms with Gasteiger partial charge in [0.2, 0.25) is 0 Å². The molecule has 2 aromatic heterocycles. The lowest BCUT2D eigenvalue weighted by Gasteiger charge is -2.03. The summed E-state index contributed by atoms with van der Waals surface area (Å²) >= 11 is 11.8. The minimum Gasteiger partial charge on any atom is -0.508 e. The third-order valence-corrected chi connectivity index (χ3v) is 4.33. The first-order chi connectivity index (χ1) is 12.4. The van der Waals surface area contributed by atoms with E-state index in [1.165, 1.54) is 35.1 Å². The summed E-state index contributed by atoms with van der Waals surface area (Å²) < 4.78 is 6.48. The molecule has 4 rings (SSSR count). The Morgan fingerprint density at radius 2 is 1.77 bits per heavy atom. The highest BCUT2D eigenvalue weighted by Crippen LogP contribution is 2.35. The zero-order valence-electron chi connectivity index (χ0n) is 12.8. The van der Waals surface area contributed by atoms with Crippen molar-refractivity contribution in [3.05, 3.63) is 63.1 Å². The van der Waals surface area contributed by atoms with Gasteiger partial charge in [-0.15, -0.1) is 5.10 Å². The Morgan fingerprint density at radius 3 is 2.50 bits per heavy atom. The van der Waals surface area contributed by atoms with Gasteiger partial charge in [0, 0.05) is 17.0 Å². The van der Waals surface area contributed by atoms with Gasteiger partial charge in [-0.2, -0.15) is 0 Å². The molecule has 0 unspecified atom stereocenters. The number of phenols is 2. The highest BCUT2D eigenvalue weighted by molar-refractivity contribution is 6.37. The molecular formula is C17H9Cl2N3O4. The fourth-order valence-corrected chi connectivity index (χ4v) is 2.96. The van der Waals surface area contributed by atoms with E-state index in [0.717, 1.165) is 0 Å². The number of fused-ring (bicyclic) bond motifs is 1. The van der Waals surface area contributed by atoms with Crippen molar-refractivity contribution in [1.82, 2.24) is 15.0 Å². The average Bonchev–Trinajstić information content (AvgIpc) is 3.08. The topological polar surface area (TPSA) is 101 Å². The Hall–Kier alpha value is -3.03. The van der Waals surface area contributed by atoms with Gasteiger partial charge in [0.25, 0.3) is 0 Å². The molecule has 0 radical (unpaired) electrons. The molecule has 0 atom stereocenters. The second-order valence-corrected chi connectivity index (χ2v) is 6.29. The summed E-state index contributed by atoms with van der Waals surface area (Å²) in [5.41, 5.74) is 0.702. The smallest absolute Gasteiger partial charge is 0.362 e. The maximum atomic E-state index is 12.2. The predicted molar refractivity (Wildman–Crippen MR) is 96.2 cm³/mol. The van der Waals surface area contributed by atoms with Crippen molar-refractivity contribution in [3.8, 4) is 28.4 Å². The van der Waals surface area contributed by atoms with Crippen molar-refractivity contribution in [1.29, 1.82) is 0 Å². The van der Waals surface area contributed by atoms with Crippen LogP contribution in [0.3, 0.4) is 0 Å². The first kappa shape index (κ1) is 16.4. The molecule has 0 aliphatic carbocycles. The summed E-state index contributed by atoms with van der Waals surface area (Å²) in [5, 5.41) is 27.8. The van der Waals surface area contributed by atoms with E-state index in [9.17, 15) is 15.0 Å². The molecule has 0 aliphatic heterocycles. The molecular weight excluding hydrogens is 381 g/mol. The Balaban J connectivity index is 1.81. The highest BCUT2D eigenvalue weighted by Gasteiger charge is 2.14. The summed E-state index contributed by atoms with van der Waals surface area (Å²) in [6, 6.07) is 9.02. The summed E-state index contributed by atoms with van der Waals surface area (Å²) in [6.07, 6.45) is 1.51. The van der Waals surface area contributed by atoms with E-state index in [0.29, 0.717) is 16.6 Å². The third-order valence-electron chi connectivity index (χ3n) is 3.75. The van der Waals surface area contributed by atoms with Crippen molar-refractivity contribution in [2.45, 2.75) is 0 Å².